The van der Waals surface area contributed by atoms with Crippen LogP contribution < -0.4 is 10.2 Å². The Bertz CT molecular complexity index is 1610. The molecule has 0 radical (unpaired) electrons. The van der Waals surface area contributed by atoms with Crippen LogP contribution in [0.15, 0.2) is 48.6 Å². The average molecular weight is 1290 g/mol. The van der Waals surface area contributed by atoms with Crippen molar-refractivity contribution in [2.75, 3.05) is 40.9 Å². The van der Waals surface area contributed by atoms with Crippen molar-refractivity contribution in [1.82, 2.24) is 5.32 Å². The van der Waals surface area contributed by atoms with Gasteiger partial charge in [-0.2, -0.15) is 0 Å². The molecule has 0 aromatic heterocycles. The highest BCUT2D eigenvalue weighted by Crippen LogP contribution is 2.38. The van der Waals surface area contributed by atoms with Crippen LogP contribution in [-0.2, 0) is 18.4 Å². The van der Waals surface area contributed by atoms with Gasteiger partial charge in [-0.05, 0) is 70.6 Å². The van der Waals surface area contributed by atoms with E-state index in [1.807, 2.05) is 27.2 Å². The second-order valence-corrected chi connectivity index (χ2v) is 30.2. The van der Waals surface area contributed by atoms with E-state index in [0.717, 1.165) is 44.9 Å². The summed E-state index contributed by atoms with van der Waals surface area (Å²) in [5, 5.41) is 14.0. The van der Waals surface area contributed by atoms with Gasteiger partial charge in [-0.15, -0.1) is 0 Å². The van der Waals surface area contributed by atoms with Crippen molar-refractivity contribution in [3.05, 3.63) is 48.6 Å². The molecule has 0 aromatic carbocycles. The van der Waals surface area contributed by atoms with Crippen LogP contribution in [0.4, 0.5) is 0 Å². The Morgan fingerprint density at radius 3 is 0.900 bits per heavy atom. The van der Waals surface area contributed by atoms with Crippen LogP contribution in [0.1, 0.15) is 412 Å². The molecule has 0 saturated carbocycles. The van der Waals surface area contributed by atoms with E-state index in [0.29, 0.717) is 17.4 Å². The smallest absolute Gasteiger partial charge is 0.268 e. The number of allylic oxidation sites excluding steroid dienone is 7. The first-order chi connectivity index (χ1) is 44.0. The fourth-order valence-corrected chi connectivity index (χ4v) is 13.0. The molecule has 9 heteroatoms. The zero-order chi connectivity index (χ0) is 65.5. The lowest BCUT2D eigenvalue weighted by Crippen LogP contribution is -2.45. The summed E-state index contributed by atoms with van der Waals surface area (Å²) >= 11 is 0. The normalized spacial score (nSPS) is 13.7. The number of carbonyl (C=O) groups is 1. The van der Waals surface area contributed by atoms with Crippen molar-refractivity contribution in [2.24, 2.45) is 0 Å². The van der Waals surface area contributed by atoms with Gasteiger partial charge in [0.2, 0.25) is 5.91 Å². The third-order valence-electron chi connectivity index (χ3n) is 18.5. The second kappa shape index (κ2) is 71.7. The Balaban J connectivity index is 3.99. The molecule has 0 fully saturated rings. The molecular formula is C81H157N2O6P. The largest absolute Gasteiger partial charge is 0.756 e. The molecule has 0 spiro atoms. The molecule has 3 atom stereocenters. The van der Waals surface area contributed by atoms with Crippen molar-refractivity contribution in [2.45, 2.75) is 424 Å². The number of rotatable bonds is 75. The van der Waals surface area contributed by atoms with Gasteiger partial charge < -0.3 is 28.8 Å². The summed E-state index contributed by atoms with van der Waals surface area (Å²) in [6, 6.07) is -0.911. The number of phosphoric acid groups is 1. The lowest BCUT2D eigenvalue weighted by atomic mass is 10.0. The molecule has 1 amide bonds. The Hall–Kier alpha value is -1.54. The minimum absolute atomic E-state index is 0.00767. The zero-order valence-corrected chi connectivity index (χ0v) is 62.0. The number of amides is 1. The van der Waals surface area contributed by atoms with Crippen molar-refractivity contribution in [3.63, 3.8) is 0 Å². The minimum Gasteiger partial charge on any atom is -0.756 e. The van der Waals surface area contributed by atoms with Gasteiger partial charge in [-0.3, -0.25) is 9.36 Å². The number of phosphoric ester groups is 1. The number of hydrogen-bond acceptors (Lipinski definition) is 6. The van der Waals surface area contributed by atoms with E-state index in [1.165, 1.54) is 347 Å². The molecule has 0 aromatic rings. The summed E-state index contributed by atoms with van der Waals surface area (Å²) in [7, 11) is 1.25. The predicted molar refractivity (Wildman–Crippen MR) is 395 cm³/mol. The number of hydrogen-bond donors (Lipinski definition) is 2. The Morgan fingerprint density at radius 2 is 0.622 bits per heavy atom. The van der Waals surface area contributed by atoms with Gasteiger partial charge in [-0.25, -0.2) is 0 Å². The summed E-state index contributed by atoms with van der Waals surface area (Å²) in [5.74, 6) is -0.203. The van der Waals surface area contributed by atoms with Gasteiger partial charge in [-0.1, -0.05) is 383 Å². The Kier molecular flexibility index (Phi) is 70.5. The zero-order valence-electron chi connectivity index (χ0n) is 61.1. The number of quaternary nitrogens is 1. The maximum absolute atomic E-state index is 13.1. The molecule has 0 aliphatic heterocycles. The average Bonchev–Trinajstić information content (AvgIpc) is 3.18. The van der Waals surface area contributed by atoms with Crippen LogP contribution in [-0.4, -0.2) is 68.5 Å². The lowest BCUT2D eigenvalue weighted by molar-refractivity contribution is -0.870. The molecule has 0 heterocycles. The lowest BCUT2D eigenvalue weighted by Gasteiger charge is -2.29. The molecule has 532 valence electrons. The molecule has 0 aliphatic rings. The number of nitrogens with zero attached hydrogens (tertiary/aromatic N) is 1. The second-order valence-electron chi connectivity index (χ2n) is 28.8. The van der Waals surface area contributed by atoms with Gasteiger partial charge in [0.15, 0.2) is 0 Å². The van der Waals surface area contributed by atoms with Gasteiger partial charge in [0.05, 0.1) is 39.9 Å². The highest BCUT2D eigenvalue weighted by atomic mass is 31.2. The maximum Gasteiger partial charge on any atom is 0.268 e. The number of unbranched alkanes of at least 4 members (excludes halogenated alkanes) is 56. The SMILES string of the molecule is CCCCCCCCCC/C=C\CCCCCCCCCCCCCCCCCCCCCCCCCCCC(=O)NC(COP(=O)([O-])OCC[N+](C)(C)C)C(O)/C=C/CC/C=C/CC/C=C/CCCCCCCCCCCCCCCCCCCCCCC. The summed E-state index contributed by atoms with van der Waals surface area (Å²) in [6.45, 7) is 4.68. The minimum atomic E-state index is -4.62. The van der Waals surface area contributed by atoms with Crippen LogP contribution in [0.5, 0.6) is 0 Å². The van der Waals surface area contributed by atoms with Gasteiger partial charge >= 0.3 is 0 Å². The quantitative estimate of drug-likeness (QED) is 0.0272. The van der Waals surface area contributed by atoms with E-state index in [-0.39, 0.29) is 12.5 Å². The van der Waals surface area contributed by atoms with Crippen LogP contribution in [0.25, 0.3) is 0 Å². The summed E-state index contributed by atoms with van der Waals surface area (Å²) in [4.78, 5) is 25.7. The number of likely N-dealkylation sites (N-methyl/N-ethyl adjacent to an activating group) is 1. The first-order valence-corrected chi connectivity index (χ1v) is 41.5. The summed E-state index contributed by atoms with van der Waals surface area (Å²) in [5.41, 5.74) is 0. The van der Waals surface area contributed by atoms with E-state index >= 15 is 0 Å². The number of carbonyl (C=O) groups excluding carboxylic acids is 1. The highest BCUT2D eigenvalue weighted by Gasteiger charge is 2.23. The molecule has 0 rings (SSSR count). The first-order valence-electron chi connectivity index (χ1n) is 40.0. The number of aliphatic hydroxyl groups is 1. The van der Waals surface area contributed by atoms with E-state index in [9.17, 15) is 19.4 Å². The molecule has 8 nitrogen and oxygen atoms in total. The molecule has 3 unspecified atom stereocenters. The van der Waals surface area contributed by atoms with Gasteiger partial charge in [0, 0.05) is 6.42 Å². The number of aliphatic hydroxyl groups excluding tert-OH is 1. The van der Waals surface area contributed by atoms with E-state index in [1.54, 1.807) is 6.08 Å². The first kappa shape index (κ1) is 88.5. The molecule has 0 saturated heterocycles. The van der Waals surface area contributed by atoms with Crippen LogP contribution in [0.3, 0.4) is 0 Å². The maximum atomic E-state index is 13.1. The summed E-state index contributed by atoms with van der Waals surface area (Å²) in [6.07, 6.45) is 98.7. The fraction of sp³-hybridized carbons (Fsp3) is 0.889. The van der Waals surface area contributed by atoms with Crippen molar-refractivity contribution >= 4 is 13.7 Å². The summed E-state index contributed by atoms with van der Waals surface area (Å²) < 4.78 is 23.5. The van der Waals surface area contributed by atoms with Gasteiger partial charge in [0.25, 0.3) is 7.82 Å². The third kappa shape index (κ3) is 73.9. The number of nitrogens with one attached hydrogen (secondary N) is 1. The molecule has 2 N–H and O–H groups in total. The molecule has 0 bridgehead atoms. The van der Waals surface area contributed by atoms with E-state index in [2.05, 4.69) is 55.6 Å². The predicted octanol–water partition coefficient (Wildman–Crippen LogP) is 25.5. The third-order valence-corrected chi connectivity index (χ3v) is 19.5. The topological polar surface area (TPSA) is 108 Å². The van der Waals surface area contributed by atoms with Crippen molar-refractivity contribution < 1.29 is 32.9 Å². The van der Waals surface area contributed by atoms with E-state index < -0.39 is 26.6 Å². The molecule has 0 aliphatic carbocycles. The van der Waals surface area contributed by atoms with Crippen LogP contribution >= 0.6 is 7.82 Å². The fourth-order valence-electron chi connectivity index (χ4n) is 12.3. The van der Waals surface area contributed by atoms with Crippen LogP contribution in [0, 0.1) is 0 Å². The van der Waals surface area contributed by atoms with E-state index in [4.69, 9.17) is 9.05 Å². The van der Waals surface area contributed by atoms with Crippen molar-refractivity contribution in [3.8, 4) is 0 Å². The van der Waals surface area contributed by atoms with Gasteiger partial charge in [0.1, 0.15) is 13.2 Å². The molecule has 90 heavy (non-hydrogen) atoms. The Morgan fingerprint density at radius 1 is 0.378 bits per heavy atom. The Labute approximate surface area is 562 Å². The van der Waals surface area contributed by atoms with Crippen molar-refractivity contribution in [1.29, 1.82) is 0 Å². The van der Waals surface area contributed by atoms with Crippen LogP contribution in [0.2, 0.25) is 0 Å². The highest BCUT2D eigenvalue weighted by molar-refractivity contribution is 7.45. The monoisotopic (exact) mass is 1290 g/mol. The molecular weight excluding hydrogens is 1130 g/mol. The standard InChI is InChI=1S/C81H157N2O6P/c1-6-8-10-12-14-16-18-20-22-24-26-28-30-32-34-36-38-39-40-41-42-43-45-47-49-51-53-55-57-59-61-63-65-67-69-71-73-75-81(85)82-79(78-89-90(86,87)88-77-76-83(3,4)5)80(84)74-72-70-68-66-64-62-60-58-56-54-52-50-48-46-44-37-35-33-31-29-27-25-23-21-19-17-15-13-11-9-7-2/h24,26,56,58,64,66,72,74,79-80,84H,6-23,25,27-55,57,59-63,65,67-71,73,75-78H2,1-5H3,(H-,82,85,86,87)/b26-24-,58-56+,66-64+,74-72+.